The summed E-state index contributed by atoms with van der Waals surface area (Å²) in [5.74, 6) is 0.468. The monoisotopic (exact) mass is 935 g/mol. The van der Waals surface area contributed by atoms with E-state index < -0.39 is 0 Å². The maximum atomic E-state index is 6.33. The minimum Gasteiger partial charge on any atom is -0.435 e. The van der Waals surface area contributed by atoms with Gasteiger partial charge in [0.2, 0.25) is 5.89 Å². The van der Waals surface area contributed by atoms with Gasteiger partial charge >= 0.3 is 14.0 Å². The predicted octanol–water partition coefficient (Wildman–Crippen LogP) is 14.2. The molecular weight excluding hydrogens is 892 g/mol. The lowest BCUT2D eigenvalue weighted by Gasteiger charge is -2.36. The Morgan fingerprint density at radius 2 is 0.973 bits per heavy atom. The molecule has 342 valence electrons. The van der Waals surface area contributed by atoms with Crippen LogP contribution in [0.1, 0.15) is 17.0 Å². The highest BCUT2D eigenvalue weighted by molar-refractivity contribution is 6.86. The third-order valence-electron chi connectivity index (χ3n) is 15.0. The molecule has 0 saturated carbocycles. The first-order valence-corrected chi connectivity index (χ1v) is 24.9. The van der Waals surface area contributed by atoms with Gasteiger partial charge in [-0.2, -0.15) is 0 Å². The van der Waals surface area contributed by atoms with E-state index in [1.807, 2.05) is 18.2 Å². The summed E-state index contributed by atoms with van der Waals surface area (Å²) < 4.78 is 6.33. The standard InChI is InChI=1S/C45H30BN5O.C18H13BN2/c1-6-16-39-30(11-1)27-31-12-2-7-17-40(31)49(39)33-23-21-32(22-24-33)47-29-45-48-38-26-25-34(28-44(38)52-45)50-42-19-9-10-20-43(42)51-41-18-8-4-14-36(41)35-13-3-5-15-37(35)46(50)51;1-3-9-15-13(7-1)14-8-2-5-11-17(14)21-18-12-6-4-10-16(18)20-19(15)21/h1-26,28-29H,27H2;1-12,20H. The number of para-hydroxylation sites is 8. The zero-order chi connectivity index (χ0) is 48.0. The molecule has 0 amide bonds. The van der Waals surface area contributed by atoms with Crippen molar-refractivity contribution in [2.45, 2.75) is 6.42 Å². The number of nitrogens with zero attached hydrogens (tertiary/aromatic N) is 6. The Morgan fingerprint density at radius 3 is 1.67 bits per heavy atom. The molecular formula is C63H43B2N7O. The minimum atomic E-state index is -0.0419. The predicted molar refractivity (Wildman–Crippen MR) is 303 cm³/mol. The van der Waals surface area contributed by atoms with Crippen molar-refractivity contribution in [1.82, 2.24) is 4.98 Å². The highest BCUT2D eigenvalue weighted by Crippen LogP contribution is 2.51. The van der Waals surface area contributed by atoms with Crippen LogP contribution in [0.5, 0.6) is 0 Å². The second-order valence-electron chi connectivity index (χ2n) is 19.0. The van der Waals surface area contributed by atoms with E-state index in [4.69, 9.17) is 14.4 Å². The van der Waals surface area contributed by atoms with E-state index in [0.717, 1.165) is 40.3 Å². The fraction of sp³-hybridized carbons (Fsp3) is 0.0159. The van der Waals surface area contributed by atoms with Gasteiger partial charge in [0, 0.05) is 63.4 Å². The Kier molecular flexibility index (Phi) is 9.35. The van der Waals surface area contributed by atoms with Gasteiger partial charge in [-0.15, -0.1) is 0 Å². The number of hydrogen-bond acceptors (Lipinski definition) is 8. The van der Waals surface area contributed by atoms with Crippen molar-refractivity contribution in [3.05, 3.63) is 254 Å². The molecule has 10 aromatic carbocycles. The topological polar surface area (TPSA) is 63.4 Å². The molecule has 0 bridgehead atoms. The Balaban J connectivity index is 0.000000187. The van der Waals surface area contributed by atoms with Crippen molar-refractivity contribution in [2.24, 2.45) is 4.99 Å². The van der Waals surface area contributed by atoms with Crippen LogP contribution in [0.4, 0.5) is 62.6 Å². The van der Waals surface area contributed by atoms with Crippen molar-refractivity contribution in [3.63, 3.8) is 0 Å². The number of hydrogen-bond donors (Lipinski definition) is 1. The van der Waals surface area contributed by atoms with Crippen LogP contribution < -0.4 is 35.5 Å². The van der Waals surface area contributed by atoms with Gasteiger partial charge in [-0.3, -0.25) is 4.99 Å². The number of fused-ring (bicyclic) bond motifs is 19. The Labute approximate surface area is 424 Å². The zero-order valence-electron chi connectivity index (χ0n) is 39.5. The molecule has 0 radical (unpaired) electrons. The molecule has 5 aliphatic rings. The molecule has 0 unspecified atom stereocenters. The third-order valence-corrected chi connectivity index (χ3v) is 15.0. The van der Waals surface area contributed by atoms with E-state index in [1.54, 1.807) is 6.21 Å². The molecule has 10 heteroatoms. The first-order valence-electron chi connectivity index (χ1n) is 24.9. The van der Waals surface area contributed by atoms with Crippen LogP contribution >= 0.6 is 0 Å². The number of rotatable bonds is 4. The van der Waals surface area contributed by atoms with Crippen LogP contribution in [0.2, 0.25) is 0 Å². The van der Waals surface area contributed by atoms with E-state index >= 15 is 0 Å². The molecule has 0 atom stereocenters. The summed E-state index contributed by atoms with van der Waals surface area (Å²) in [6.45, 7) is 0.147. The number of nitrogens with one attached hydrogen (secondary N) is 1. The van der Waals surface area contributed by atoms with Crippen molar-refractivity contribution in [1.29, 1.82) is 0 Å². The maximum absolute atomic E-state index is 6.33. The van der Waals surface area contributed by atoms with Crippen molar-refractivity contribution >= 4 is 105 Å². The fourth-order valence-electron chi connectivity index (χ4n) is 11.8. The average molecular weight is 936 g/mol. The van der Waals surface area contributed by atoms with E-state index in [-0.39, 0.29) is 14.0 Å². The summed E-state index contributed by atoms with van der Waals surface area (Å²) in [5, 5.41) is 3.66. The zero-order valence-corrected chi connectivity index (χ0v) is 39.5. The van der Waals surface area contributed by atoms with E-state index in [2.05, 4.69) is 243 Å². The lowest BCUT2D eigenvalue weighted by atomic mass is 9.59. The van der Waals surface area contributed by atoms with Crippen molar-refractivity contribution in [2.75, 3.05) is 24.6 Å². The van der Waals surface area contributed by atoms with Gasteiger partial charge in [0.25, 0.3) is 0 Å². The second kappa shape index (κ2) is 16.5. The molecule has 73 heavy (non-hydrogen) atoms. The van der Waals surface area contributed by atoms with E-state index in [9.17, 15) is 0 Å². The second-order valence-corrected chi connectivity index (χ2v) is 19.0. The van der Waals surface area contributed by atoms with Gasteiger partial charge in [-0.05, 0) is 118 Å². The Bertz CT molecular complexity index is 3980. The summed E-state index contributed by atoms with van der Waals surface area (Å²) >= 11 is 0. The molecule has 0 spiro atoms. The van der Waals surface area contributed by atoms with Gasteiger partial charge in [0.15, 0.2) is 5.58 Å². The largest absolute Gasteiger partial charge is 0.435 e. The molecule has 16 rings (SSSR count). The molecule has 0 saturated heterocycles. The van der Waals surface area contributed by atoms with Gasteiger partial charge in [0.1, 0.15) is 5.52 Å². The average Bonchev–Trinajstić information content (AvgIpc) is 4.17. The quantitative estimate of drug-likeness (QED) is 0.139. The molecule has 6 heterocycles. The van der Waals surface area contributed by atoms with Crippen LogP contribution in [0, 0.1) is 0 Å². The smallest absolute Gasteiger partial charge is 0.421 e. The molecule has 8 nitrogen and oxygen atoms in total. The third kappa shape index (κ3) is 6.57. The lowest BCUT2D eigenvalue weighted by molar-refractivity contribution is 0.593. The molecule has 1 aromatic heterocycles. The van der Waals surface area contributed by atoms with Crippen LogP contribution in [0.3, 0.4) is 0 Å². The van der Waals surface area contributed by atoms with Crippen LogP contribution in [-0.2, 0) is 6.42 Å². The number of aliphatic imine (C=N–C) groups is 1. The van der Waals surface area contributed by atoms with Crippen molar-refractivity contribution < 1.29 is 4.42 Å². The summed E-state index contributed by atoms with van der Waals surface area (Å²) in [5.41, 5.74) is 24.6. The maximum Gasteiger partial charge on any atom is 0.421 e. The molecule has 11 aromatic rings. The van der Waals surface area contributed by atoms with Crippen molar-refractivity contribution in [3.8, 4) is 22.3 Å². The minimum absolute atomic E-state index is 0.0419. The van der Waals surface area contributed by atoms with E-state index in [1.165, 1.54) is 84.1 Å². The van der Waals surface area contributed by atoms with Gasteiger partial charge < -0.3 is 29.0 Å². The van der Waals surface area contributed by atoms with Crippen LogP contribution in [0.15, 0.2) is 246 Å². The van der Waals surface area contributed by atoms with Crippen LogP contribution in [0.25, 0.3) is 33.4 Å². The Morgan fingerprint density at radius 1 is 0.452 bits per heavy atom. The number of benzene rings is 10. The summed E-state index contributed by atoms with van der Waals surface area (Å²) in [6, 6.07) is 83.9. The highest BCUT2D eigenvalue weighted by Gasteiger charge is 2.48. The molecule has 5 aliphatic heterocycles. The van der Waals surface area contributed by atoms with Gasteiger partial charge in [-0.25, -0.2) is 4.98 Å². The van der Waals surface area contributed by atoms with Gasteiger partial charge in [0.05, 0.1) is 29.0 Å². The highest BCUT2D eigenvalue weighted by atomic mass is 16.3. The number of anilines is 10. The fourth-order valence-corrected chi connectivity index (χ4v) is 11.8. The molecule has 0 aliphatic carbocycles. The molecule has 0 fully saturated rings. The first kappa shape index (κ1) is 41.3. The normalized spacial score (nSPS) is 13.9. The summed E-state index contributed by atoms with van der Waals surface area (Å²) in [7, 11) is 0. The van der Waals surface area contributed by atoms with E-state index in [0.29, 0.717) is 5.89 Å². The first-order chi connectivity index (χ1) is 36.2. The van der Waals surface area contributed by atoms with Gasteiger partial charge in [-0.1, -0.05) is 146 Å². The molecule has 1 N–H and O–H groups in total. The summed E-state index contributed by atoms with van der Waals surface area (Å²) in [4.78, 5) is 19.2. The number of aromatic nitrogens is 1. The lowest BCUT2D eigenvalue weighted by Crippen LogP contribution is -2.55. The Hall–Kier alpha value is -9.53. The number of oxazole rings is 1. The summed E-state index contributed by atoms with van der Waals surface area (Å²) in [6.07, 6.45) is 2.64. The van der Waals surface area contributed by atoms with Crippen LogP contribution in [-0.4, -0.2) is 25.2 Å². The SMILES string of the molecule is C(=Nc1ccc(N2c3ccccc3Cc3ccccc32)cc1)c1nc2ccc(N3B4c5ccccc5-c5ccccc5N4c4ccccc43)cc2o1.c1ccc2c(c1)NB1c3ccccc3-c3ccccc3N12.